The molecule has 1 aromatic heterocycles. The summed E-state index contributed by atoms with van der Waals surface area (Å²) in [6, 6.07) is 12.9. The van der Waals surface area contributed by atoms with Gasteiger partial charge in [-0.05, 0) is 34.6 Å². The highest BCUT2D eigenvalue weighted by Crippen LogP contribution is 2.25. The van der Waals surface area contributed by atoms with E-state index in [9.17, 15) is 4.79 Å². The minimum atomic E-state index is -0.447. The molecule has 2 aromatic carbocycles. The highest BCUT2D eigenvalue weighted by Gasteiger charge is 2.15. The first-order valence-corrected chi connectivity index (χ1v) is 9.52. The van der Waals surface area contributed by atoms with Crippen molar-refractivity contribution in [3.05, 3.63) is 69.3 Å². The van der Waals surface area contributed by atoms with E-state index in [1.165, 1.54) is 0 Å². The Morgan fingerprint density at radius 2 is 1.90 bits per heavy atom. The van der Waals surface area contributed by atoms with Crippen molar-refractivity contribution in [2.45, 2.75) is 13.2 Å². The van der Waals surface area contributed by atoms with E-state index >= 15 is 0 Å². The average molecular weight is 472 g/mol. The van der Waals surface area contributed by atoms with Crippen LogP contribution in [0.15, 0.2) is 47.1 Å². The molecular formula is C19H19Cl3N5O3-. The summed E-state index contributed by atoms with van der Waals surface area (Å²) < 4.78 is 10.3. The molecule has 0 aliphatic carbocycles. The number of rotatable bonds is 9. The van der Waals surface area contributed by atoms with Crippen molar-refractivity contribution in [2.24, 2.45) is 0 Å². The third kappa shape index (κ3) is 6.50. The van der Waals surface area contributed by atoms with Crippen molar-refractivity contribution in [2.75, 3.05) is 18.8 Å². The van der Waals surface area contributed by atoms with Gasteiger partial charge in [-0.2, -0.15) is 0 Å². The van der Waals surface area contributed by atoms with E-state index in [2.05, 4.69) is 25.6 Å². The molecule has 0 atom stereocenters. The number of hydrogen-bond acceptors (Lipinski definition) is 7. The van der Waals surface area contributed by atoms with Crippen LogP contribution in [0.4, 0.5) is 5.82 Å². The third-order valence-corrected chi connectivity index (χ3v) is 4.60. The second-order valence-electron chi connectivity index (χ2n) is 6.06. The Morgan fingerprint density at radius 1 is 1.10 bits per heavy atom. The summed E-state index contributed by atoms with van der Waals surface area (Å²) in [4.78, 5) is 11.9. The number of anilines is 1. The van der Waals surface area contributed by atoms with Crippen LogP contribution in [0.1, 0.15) is 21.6 Å². The molecule has 1 heterocycles. The van der Waals surface area contributed by atoms with Gasteiger partial charge in [0.2, 0.25) is 11.5 Å². The Balaban J connectivity index is 0.00000320. The van der Waals surface area contributed by atoms with Crippen molar-refractivity contribution in [1.82, 2.24) is 20.9 Å². The monoisotopic (exact) mass is 470 g/mol. The Labute approximate surface area is 189 Å². The number of hydrogen-bond donors (Lipinski definition) is 3. The van der Waals surface area contributed by atoms with Crippen LogP contribution < -0.4 is 33.5 Å². The standard InChI is InChI=1S/C19H19Cl2N5O3.ClH/c20-14-5-6-16(28-11-12-3-1-2-4-15(12)21)13(9-14)10-23-7-8-24-19(27)17-18(22)26-29-25-17;/h1-6,9,23H,7-8,10-11H2,(H2,22,26)(H,24,27);1H/p-1. The molecule has 160 valence electrons. The van der Waals surface area contributed by atoms with Gasteiger partial charge in [0.05, 0.1) is 0 Å². The van der Waals surface area contributed by atoms with Gasteiger partial charge in [0.25, 0.3) is 5.91 Å². The molecule has 3 aromatic rings. The topological polar surface area (TPSA) is 115 Å². The van der Waals surface area contributed by atoms with Crippen LogP contribution in [0.5, 0.6) is 5.75 Å². The molecule has 0 radical (unpaired) electrons. The molecule has 0 saturated heterocycles. The molecule has 0 fully saturated rings. The van der Waals surface area contributed by atoms with Crippen LogP contribution in [0.25, 0.3) is 0 Å². The molecule has 30 heavy (non-hydrogen) atoms. The molecule has 11 heteroatoms. The molecule has 4 N–H and O–H groups in total. The third-order valence-electron chi connectivity index (χ3n) is 4.00. The zero-order valence-corrected chi connectivity index (χ0v) is 18.0. The second-order valence-corrected chi connectivity index (χ2v) is 6.91. The summed E-state index contributed by atoms with van der Waals surface area (Å²) in [5.74, 6) is 0.207. The van der Waals surface area contributed by atoms with Gasteiger partial charge in [0.15, 0.2) is 0 Å². The van der Waals surface area contributed by atoms with E-state index in [4.69, 9.17) is 33.7 Å². The van der Waals surface area contributed by atoms with Crippen LogP contribution >= 0.6 is 23.2 Å². The van der Waals surface area contributed by atoms with Crippen LogP contribution in [0.2, 0.25) is 10.0 Å². The maximum absolute atomic E-state index is 11.9. The SMILES string of the molecule is Nc1nonc1C(=O)NCCNCc1cc(Cl)ccc1OCc1ccccc1Cl.[Cl-]. The maximum atomic E-state index is 11.9. The number of nitrogens with one attached hydrogen (secondary N) is 2. The quantitative estimate of drug-likeness (QED) is 0.378. The number of nitrogen functional groups attached to an aromatic ring is 1. The van der Waals surface area contributed by atoms with E-state index in [1.807, 2.05) is 36.4 Å². The number of nitrogens with zero attached hydrogens (tertiary/aromatic N) is 2. The van der Waals surface area contributed by atoms with Crippen molar-refractivity contribution < 1.29 is 26.6 Å². The second kappa shape index (κ2) is 11.6. The maximum Gasteiger partial charge on any atom is 0.277 e. The molecule has 0 aliphatic rings. The lowest BCUT2D eigenvalue weighted by atomic mass is 10.2. The smallest absolute Gasteiger partial charge is 0.277 e. The lowest BCUT2D eigenvalue weighted by molar-refractivity contribution is -0.0000149. The fourth-order valence-corrected chi connectivity index (χ4v) is 2.91. The predicted molar refractivity (Wildman–Crippen MR) is 110 cm³/mol. The lowest BCUT2D eigenvalue weighted by Crippen LogP contribution is -3.00. The summed E-state index contributed by atoms with van der Waals surface area (Å²) in [5, 5.41) is 14.0. The number of ether oxygens (including phenoxy) is 1. The van der Waals surface area contributed by atoms with Gasteiger partial charge in [-0.3, -0.25) is 4.79 Å². The Bertz CT molecular complexity index is 984. The first-order chi connectivity index (χ1) is 14.0. The Morgan fingerprint density at radius 3 is 2.63 bits per heavy atom. The summed E-state index contributed by atoms with van der Waals surface area (Å²) in [6.45, 7) is 1.72. The van der Waals surface area contributed by atoms with Crippen LogP contribution in [-0.4, -0.2) is 29.3 Å². The fraction of sp³-hybridized carbons (Fsp3) is 0.211. The highest BCUT2D eigenvalue weighted by molar-refractivity contribution is 6.31. The van der Waals surface area contributed by atoms with Gasteiger partial charge in [-0.1, -0.05) is 41.4 Å². The molecule has 3 rings (SSSR count). The first-order valence-electron chi connectivity index (χ1n) is 8.76. The van der Waals surface area contributed by atoms with E-state index in [1.54, 1.807) is 6.07 Å². The molecule has 0 unspecified atom stereocenters. The largest absolute Gasteiger partial charge is 1.00 e. The number of carbonyl (C=O) groups excluding carboxylic acids is 1. The number of nitrogens with two attached hydrogens (primary N) is 1. The number of benzene rings is 2. The van der Waals surface area contributed by atoms with Gasteiger partial charge >= 0.3 is 0 Å². The van der Waals surface area contributed by atoms with Crippen LogP contribution in [0.3, 0.4) is 0 Å². The van der Waals surface area contributed by atoms with Crippen molar-refractivity contribution >= 4 is 34.9 Å². The van der Waals surface area contributed by atoms with Gasteiger partial charge < -0.3 is 33.5 Å². The van der Waals surface area contributed by atoms with E-state index in [-0.39, 0.29) is 23.9 Å². The highest BCUT2D eigenvalue weighted by atomic mass is 35.5. The van der Waals surface area contributed by atoms with E-state index < -0.39 is 5.91 Å². The Kier molecular flexibility index (Phi) is 9.19. The van der Waals surface area contributed by atoms with E-state index in [0.29, 0.717) is 42.0 Å². The fourth-order valence-electron chi connectivity index (χ4n) is 2.52. The molecular weight excluding hydrogens is 453 g/mol. The molecule has 0 saturated carbocycles. The van der Waals surface area contributed by atoms with Crippen molar-refractivity contribution in [1.29, 1.82) is 0 Å². The normalized spacial score (nSPS) is 10.3. The zero-order valence-electron chi connectivity index (χ0n) is 15.7. The molecule has 8 nitrogen and oxygen atoms in total. The number of aromatic nitrogens is 2. The Hall–Kier alpha value is -2.52. The van der Waals surface area contributed by atoms with Gasteiger partial charge in [0.1, 0.15) is 12.4 Å². The number of halogens is 3. The molecule has 0 aliphatic heterocycles. The van der Waals surface area contributed by atoms with Crippen molar-refractivity contribution in [3.8, 4) is 5.75 Å². The van der Waals surface area contributed by atoms with Gasteiger partial charge in [-0.15, -0.1) is 0 Å². The van der Waals surface area contributed by atoms with Gasteiger partial charge in [0, 0.05) is 40.8 Å². The molecule has 0 bridgehead atoms. The van der Waals surface area contributed by atoms with Crippen LogP contribution in [-0.2, 0) is 13.2 Å². The average Bonchev–Trinajstić information content (AvgIpc) is 3.14. The summed E-state index contributed by atoms with van der Waals surface area (Å²) >= 11 is 12.3. The summed E-state index contributed by atoms with van der Waals surface area (Å²) in [6.07, 6.45) is 0. The molecule has 1 amide bonds. The predicted octanol–water partition coefficient (Wildman–Crippen LogP) is 0.0612. The minimum absolute atomic E-state index is 0. The summed E-state index contributed by atoms with van der Waals surface area (Å²) in [5.41, 5.74) is 7.23. The summed E-state index contributed by atoms with van der Waals surface area (Å²) in [7, 11) is 0. The number of amides is 1. The zero-order chi connectivity index (χ0) is 20.6. The number of carbonyl (C=O) groups is 1. The van der Waals surface area contributed by atoms with Gasteiger partial charge in [-0.25, -0.2) is 4.63 Å². The van der Waals surface area contributed by atoms with Crippen LogP contribution in [0, 0.1) is 0 Å². The van der Waals surface area contributed by atoms with E-state index in [0.717, 1.165) is 11.1 Å². The lowest BCUT2D eigenvalue weighted by Gasteiger charge is -2.13. The van der Waals surface area contributed by atoms with Crippen molar-refractivity contribution in [3.63, 3.8) is 0 Å². The first kappa shape index (κ1) is 23.8. The minimum Gasteiger partial charge on any atom is -1.00 e. The molecule has 0 spiro atoms.